The molecule has 2 N–H and O–H groups in total. The van der Waals surface area contributed by atoms with Crippen LogP contribution in [0, 0.1) is 6.92 Å². The molecule has 0 unspecified atom stereocenters. The van der Waals surface area contributed by atoms with Crippen molar-refractivity contribution >= 4 is 40.5 Å². The van der Waals surface area contributed by atoms with Crippen molar-refractivity contribution in [3.8, 4) is 5.75 Å². The number of carbonyl (C=O) groups is 2. The normalized spacial score (nSPS) is 21.1. The molecule has 2 amide bonds. The third-order valence-corrected chi connectivity index (χ3v) is 8.06. The zero-order chi connectivity index (χ0) is 31.0. The van der Waals surface area contributed by atoms with E-state index in [1.807, 2.05) is 50.8 Å². The number of anilines is 3. The van der Waals surface area contributed by atoms with E-state index in [0.717, 1.165) is 11.1 Å². The van der Waals surface area contributed by atoms with Crippen molar-refractivity contribution in [2.45, 2.75) is 65.2 Å². The number of amides is 2. The first-order chi connectivity index (χ1) is 20.5. The molecule has 43 heavy (non-hydrogen) atoms. The van der Waals surface area contributed by atoms with E-state index in [-0.39, 0.29) is 48.1 Å². The molecule has 0 radical (unpaired) electrons. The van der Waals surface area contributed by atoms with E-state index >= 15 is 0 Å². The molecule has 0 saturated carbocycles. The van der Waals surface area contributed by atoms with Crippen LogP contribution in [0.4, 0.5) is 22.4 Å². The molecule has 0 spiro atoms. The second-order valence-electron chi connectivity index (χ2n) is 11.1. The average Bonchev–Trinajstić information content (AvgIpc) is 3.35. The summed E-state index contributed by atoms with van der Waals surface area (Å²) in [7, 11) is 1.60. The molecule has 13 heteroatoms. The zero-order valence-electron chi connectivity index (χ0n) is 25.4. The van der Waals surface area contributed by atoms with Crippen LogP contribution < -0.4 is 25.4 Å². The van der Waals surface area contributed by atoms with Crippen molar-refractivity contribution in [1.82, 2.24) is 24.8 Å². The lowest BCUT2D eigenvalue weighted by atomic mass is 10.0. The van der Waals surface area contributed by atoms with Crippen molar-refractivity contribution in [1.29, 1.82) is 0 Å². The van der Waals surface area contributed by atoms with Crippen LogP contribution in [0.15, 0.2) is 35.6 Å². The third kappa shape index (κ3) is 5.71. The van der Waals surface area contributed by atoms with Crippen LogP contribution >= 0.6 is 0 Å². The molecule has 2 aliphatic rings. The van der Waals surface area contributed by atoms with Crippen LogP contribution in [-0.4, -0.2) is 81.8 Å². The molecule has 2 aliphatic heterocycles. The first-order valence-electron chi connectivity index (χ1n) is 14.4. The number of aromatic nitrogens is 4. The van der Waals surface area contributed by atoms with E-state index in [2.05, 4.69) is 36.7 Å². The van der Waals surface area contributed by atoms with Gasteiger partial charge in [0.25, 0.3) is 5.56 Å². The number of piperazine rings is 1. The number of nitrogens with zero attached hydrogens (tertiary/aromatic N) is 6. The van der Waals surface area contributed by atoms with Gasteiger partial charge < -0.3 is 29.6 Å². The number of rotatable bonds is 8. The van der Waals surface area contributed by atoms with Gasteiger partial charge in [0.2, 0.25) is 17.8 Å². The quantitative estimate of drug-likeness (QED) is 0.374. The van der Waals surface area contributed by atoms with Crippen molar-refractivity contribution in [2.75, 3.05) is 41.9 Å². The van der Waals surface area contributed by atoms with Crippen LogP contribution in [0.25, 0.3) is 10.9 Å². The number of aromatic amines is 1. The molecule has 1 aromatic carbocycles. The van der Waals surface area contributed by atoms with Crippen molar-refractivity contribution in [3.63, 3.8) is 0 Å². The van der Waals surface area contributed by atoms with E-state index in [1.54, 1.807) is 14.0 Å². The Morgan fingerprint density at radius 2 is 1.93 bits per heavy atom. The third-order valence-electron chi connectivity index (χ3n) is 8.06. The Morgan fingerprint density at radius 3 is 2.58 bits per heavy atom. The molecule has 4 heterocycles. The number of H-pyrrole nitrogens is 1. The number of benzene rings is 1. The Bertz CT molecular complexity index is 1610. The highest BCUT2D eigenvalue weighted by atomic mass is 16.6. The minimum absolute atomic E-state index is 0.0336. The van der Waals surface area contributed by atoms with E-state index in [9.17, 15) is 14.4 Å². The Hall–Kier alpha value is -4.68. The molecular weight excluding hydrogens is 552 g/mol. The van der Waals surface area contributed by atoms with Gasteiger partial charge in [0.05, 0.1) is 30.4 Å². The summed E-state index contributed by atoms with van der Waals surface area (Å²) in [4.78, 5) is 59.7. The maximum absolute atomic E-state index is 13.2. The molecule has 5 rings (SSSR count). The predicted molar refractivity (Wildman–Crippen MR) is 164 cm³/mol. The molecule has 3 aromatic rings. The fourth-order valence-corrected chi connectivity index (χ4v) is 5.95. The van der Waals surface area contributed by atoms with Crippen molar-refractivity contribution < 1.29 is 19.1 Å². The highest BCUT2D eigenvalue weighted by molar-refractivity contribution is 5.89. The van der Waals surface area contributed by atoms with Crippen molar-refractivity contribution in [3.05, 3.63) is 52.6 Å². The largest absolute Gasteiger partial charge is 0.495 e. The number of ether oxygens (including phenoxy) is 2. The molecule has 2 saturated heterocycles. The number of carbonyl (C=O) groups excluding carboxylic acids is 2. The minimum atomic E-state index is -0.494. The molecule has 0 aliphatic carbocycles. The Morgan fingerprint density at radius 1 is 1.21 bits per heavy atom. The lowest BCUT2D eigenvalue weighted by Gasteiger charge is -2.45. The van der Waals surface area contributed by atoms with Crippen LogP contribution in [0.2, 0.25) is 0 Å². The Balaban J connectivity index is 1.45. The molecular formula is C30H38N8O5. The number of nitrogens with one attached hydrogen (secondary N) is 2. The van der Waals surface area contributed by atoms with Gasteiger partial charge in [-0.15, -0.1) is 0 Å². The maximum Gasteiger partial charge on any atom is 0.417 e. The molecule has 2 aromatic heterocycles. The van der Waals surface area contributed by atoms with E-state index in [1.165, 1.54) is 11.0 Å². The van der Waals surface area contributed by atoms with Gasteiger partial charge in [-0.05, 0) is 52.3 Å². The first-order valence-corrected chi connectivity index (χ1v) is 14.4. The van der Waals surface area contributed by atoms with Gasteiger partial charge in [0.15, 0.2) is 0 Å². The molecule has 4 atom stereocenters. The number of aryl methyl sites for hydroxylation is 1. The molecule has 228 valence electrons. The topological polar surface area (TPSA) is 146 Å². The summed E-state index contributed by atoms with van der Waals surface area (Å²) in [6, 6.07) is 4.96. The number of pyridine rings is 1. The second-order valence-corrected chi connectivity index (χ2v) is 11.1. The summed E-state index contributed by atoms with van der Waals surface area (Å²) in [5.74, 6) is 1.43. The molecule has 13 nitrogen and oxygen atoms in total. The van der Waals surface area contributed by atoms with E-state index in [4.69, 9.17) is 9.47 Å². The zero-order valence-corrected chi connectivity index (χ0v) is 25.4. The Labute approximate surface area is 249 Å². The number of cyclic esters (lactones) is 1. The second kappa shape index (κ2) is 11.9. The fourth-order valence-electron chi connectivity index (χ4n) is 5.95. The minimum Gasteiger partial charge on any atom is -0.495 e. The van der Waals surface area contributed by atoms with Crippen molar-refractivity contribution in [2.24, 2.45) is 0 Å². The van der Waals surface area contributed by atoms with Gasteiger partial charge in [0, 0.05) is 42.2 Å². The van der Waals surface area contributed by atoms with Gasteiger partial charge in [-0.3, -0.25) is 9.59 Å². The summed E-state index contributed by atoms with van der Waals surface area (Å²) in [6.07, 6.45) is 1.55. The SMILES string of the molecule is C=CC(=O)N1[C@H](C)CN(c2cc3cc([C@H](C)Nc4nc(C)nc(N5C(=O)OC[C@@H]5CC)n4)c(=O)[nH]c3cc2OC)C[C@@H]1C. The van der Waals surface area contributed by atoms with E-state index in [0.29, 0.717) is 42.2 Å². The number of fused-ring (bicyclic) bond motifs is 1. The average molecular weight is 591 g/mol. The van der Waals surface area contributed by atoms with Gasteiger partial charge in [-0.1, -0.05) is 13.5 Å². The molecule has 2 fully saturated rings. The Kier molecular flexibility index (Phi) is 8.25. The lowest BCUT2D eigenvalue weighted by Crippen LogP contribution is -2.58. The number of hydrogen-bond donors (Lipinski definition) is 2. The van der Waals surface area contributed by atoms with Crippen LogP contribution in [0.3, 0.4) is 0 Å². The highest BCUT2D eigenvalue weighted by Crippen LogP contribution is 2.35. The van der Waals surface area contributed by atoms with Crippen LogP contribution in [-0.2, 0) is 9.53 Å². The lowest BCUT2D eigenvalue weighted by molar-refractivity contribution is -0.130. The monoisotopic (exact) mass is 590 g/mol. The summed E-state index contributed by atoms with van der Waals surface area (Å²) in [5, 5.41) is 4.03. The van der Waals surface area contributed by atoms with Gasteiger partial charge in [-0.25, -0.2) is 9.69 Å². The maximum atomic E-state index is 13.2. The summed E-state index contributed by atoms with van der Waals surface area (Å²) >= 11 is 0. The smallest absolute Gasteiger partial charge is 0.417 e. The summed E-state index contributed by atoms with van der Waals surface area (Å²) in [6.45, 7) is 14.7. The number of hydrogen-bond acceptors (Lipinski definition) is 10. The van der Waals surface area contributed by atoms with Crippen LogP contribution in [0.1, 0.15) is 51.5 Å². The van der Waals surface area contributed by atoms with Gasteiger partial charge in [0.1, 0.15) is 18.2 Å². The van der Waals surface area contributed by atoms with Gasteiger partial charge >= 0.3 is 6.09 Å². The molecule has 0 bridgehead atoms. The van der Waals surface area contributed by atoms with Crippen LogP contribution in [0.5, 0.6) is 5.75 Å². The highest BCUT2D eigenvalue weighted by Gasteiger charge is 2.36. The van der Waals surface area contributed by atoms with Gasteiger partial charge in [-0.2, -0.15) is 15.0 Å². The fraction of sp³-hybridized carbons (Fsp3) is 0.467. The summed E-state index contributed by atoms with van der Waals surface area (Å²) in [5.41, 5.74) is 1.73. The standard InChI is InChI=1S/C30H38N8O5/c1-8-21-15-43-30(41)38(21)29-33-19(6)32-28(35-29)31-18(5)22-10-20-11-24(25(42-7)12-23(20)34-27(22)40)36-13-16(3)37(17(4)14-36)26(39)9-2/h9-12,16-18,21H,2,8,13-15H2,1,3-7H3,(H,34,40)(H,31,32,33,35)/t16-,17+,18-,21-/m0/s1. The number of methoxy groups -OCH3 is 1. The first kappa shape index (κ1) is 29.8. The predicted octanol–water partition coefficient (Wildman–Crippen LogP) is 3.55. The van der Waals surface area contributed by atoms with E-state index < -0.39 is 12.1 Å². The summed E-state index contributed by atoms with van der Waals surface area (Å²) < 4.78 is 10.9.